The predicted octanol–water partition coefficient (Wildman–Crippen LogP) is 3.36. The molecule has 4 aliphatic rings. The number of cyclic esters (lactones) is 1. The molecule has 16 heteroatoms. The van der Waals surface area contributed by atoms with Gasteiger partial charge in [-0.15, -0.1) is 0 Å². The molecule has 5 rings (SSSR count). The molecule has 3 saturated heterocycles. The van der Waals surface area contributed by atoms with Crippen molar-refractivity contribution in [2.24, 2.45) is 33.8 Å². The number of hydrogen-bond donors (Lipinski definition) is 3. The number of amides is 1. The second kappa shape index (κ2) is 18.7. The van der Waals surface area contributed by atoms with Crippen molar-refractivity contribution in [3.05, 3.63) is 30.0 Å². The van der Waals surface area contributed by atoms with E-state index in [9.17, 15) is 24.6 Å². The highest BCUT2D eigenvalue weighted by Crippen LogP contribution is 2.40. The first-order valence-electron chi connectivity index (χ1n) is 20.4. The summed E-state index contributed by atoms with van der Waals surface area (Å²) < 4.78 is 32.3. The van der Waals surface area contributed by atoms with Crippen molar-refractivity contribution in [1.82, 2.24) is 9.88 Å². The second-order valence-electron chi connectivity index (χ2n) is 17.1. The van der Waals surface area contributed by atoms with Crippen LogP contribution in [0.15, 0.2) is 34.6 Å². The molecule has 3 fully saturated rings. The van der Waals surface area contributed by atoms with Gasteiger partial charge in [0, 0.05) is 36.2 Å². The van der Waals surface area contributed by atoms with E-state index in [2.05, 4.69) is 10.1 Å². The van der Waals surface area contributed by atoms with Crippen molar-refractivity contribution in [3.8, 4) is 0 Å². The Morgan fingerprint density at radius 3 is 2.48 bits per heavy atom. The van der Waals surface area contributed by atoms with E-state index in [1.165, 1.54) is 13.8 Å². The minimum Gasteiger partial charge on any atom is -0.459 e. The summed E-state index contributed by atoms with van der Waals surface area (Å²) in [4.78, 5) is 59.1. The fourth-order valence-electron chi connectivity index (χ4n) is 8.85. The number of nitrogens with two attached hydrogens (primary N) is 1. The maximum Gasteiger partial charge on any atom is 0.316 e. The number of nitrogen functional groups attached to an aromatic ring is 1. The van der Waals surface area contributed by atoms with Crippen LogP contribution in [-0.2, 0) is 42.9 Å². The van der Waals surface area contributed by atoms with E-state index in [1.807, 2.05) is 39.8 Å². The number of anilines is 1. The summed E-state index contributed by atoms with van der Waals surface area (Å²) in [5, 5.41) is 28.4. The van der Waals surface area contributed by atoms with E-state index in [0.717, 1.165) is 5.56 Å². The molecule has 1 amide bonds. The van der Waals surface area contributed by atoms with Crippen LogP contribution in [0.4, 0.5) is 5.82 Å². The van der Waals surface area contributed by atoms with Crippen molar-refractivity contribution in [2.75, 3.05) is 33.0 Å². The van der Waals surface area contributed by atoms with Crippen molar-refractivity contribution in [1.29, 1.82) is 0 Å². The average molecular weight is 814 g/mol. The van der Waals surface area contributed by atoms with Gasteiger partial charge in [0.2, 0.25) is 6.10 Å². The Morgan fingerprint density at radius 1 is 1.09 bits per heavy atom. The normalized spacial score (nSPS) is 40.5. The molecule has 5 heterocycles. The van der Waals surface area contributed by atoms with E-state index in [1.54, 1.807) is 51.3 Å². The Labute approximate surface area is 341 Å². The molecule has 0 radical (unpaired) electrons. The number of carbonyl (C=O) groups is 3. The Bertz CT molecular complexity index is 1730. The standard InChI is InChI=1S/C42H63N5O11/c1-11-31-42(8,52)37-24(4)33-22(2)19-41(7,36(25(5)34(48)26(6)39(51)56-31)57-40-35(49)29(47(9)10)17-23(3)55-40)54-21-28(20-53-37)46-58-30(38(50)45-33)14-12-13-27-15-16-44-32(43)18-27/h12-13,15-16,18,22-26,29-31,35-37,40,49,52H,11,14,17,19-21H2,1-10H3,(H2,43,44)/b13-12+,45-33?,46-28-/t22-,23-,24+,25+,26-,29+,30?,31-,35-,36-,37-,40+,41-,42-/m1/s1. The maximum absolute atomic E-state index is 14.4. The number of carbonyl (C=O) groups excluding carboxylic acids is 3. The highest BCUT2D eigenvalue weighted by Gasteiger charge is 2.53. The number of hydrogen-bond acceptors (Lipinski definition) is 15. The van der Waals surface area contributed by atoms with E-state index < -0.39 is 89.3 Å². The number of aliphatic imine (C=N–C) groups is 1. The van der Waals surface area contributed by atoms with Crippen molar-refractivity contribution in [2.45, 2.75) is 141 Å². The van der Waals surface area contributed by atoms with E-state index in [4.69, 9.17) is 39.2 Å². The summed E-state index contributed by atoms with van der Waals surface area (Å²) in [5.41, 5.74) is 4.04. The highest BCUT2D eigenvalue weighted by molar-refractivity contribution is 6.01. The summed E-state index contributed by atoms with van der Waals surface area (Å²) in [5.74, 6) is -5.12. The fourth-order valence-corrected chi connectivity index (χ4v) is 8.85. The molecule has 16 nitrogen and oxygen atoms in total. The molecule has 1 aromatic rings. The van der Waals surface area contributed by atoms with E-state index in [-0.39, 0.29) is 50.3 Å². The number of fused-ring (bicyclic) bond motifs is 4. The lowest BCUT2D eigenvalue weighted by molar-refractivity contribution is -0.296. The zero-order valence-electron chi connectivity index (χ0n) is 35.5. The fraction of sp³-hybridized carbons (Fsp3) is 0.714. The zero-order chi connectivity index (χ0) is 42.7. The van der Waals surface area contributed by atoms with Crippen LogP contribution >= 0.6 is 0 Å². The number of aliphatic hydroxyl groups is 2. The SMILES string of the molecule is CC[C@H]1OC(=O)[C@H](C)C(=O)[C@H](C)[C@@H](O[C@@H]2O[C@H](C)C[C@H](N(C)C)[C@H]2O)[C@@]2(C)C[C@@H](C)C3=NC(=O)C(C/C=C/c4ccnc(N)c4)O/N=C(/CO[C@H]([C@H]3C)[C@]1(C)O)CO2. The first-order valence-corrected chi connectivity index (χ1v) is 20.4. The monoisotopic (exact) mass is 813 g/mol. The van der Waals surface area contributed by atoms with Gasteiger partial charge in [0.05, 0.1) is 37.1 Å². The van der Waals surface area contributed by atoms with Gasteiger partial charge in [-0.1, -0.05) is 45.0 Å². The lowest BCUT2D eigenvalue weighted by Crippen LogP contribution is -2.60. The van der Waals surface area contributed by atoms with Gasteiger partial charge in [0.15, 0.2) is 12.1 Å². The van der Waals surface area contributed by atoms with Gasteiger partial charge >= 0.3 is 5.97 Å². The van der Waals surface area contributed by atoms with Crippen LogP contribution in [0.25, 0.3) is 6.08 Å². The smallest absolute Gasteiger partial charge is 0.316 e. The Balaban J connectivity index is 1.67. The summed E-state index contributed by atoms with van der Waals surface area (Å²) in [7, 11) is 3.73. The summed E-state index contributed by atoms with van der Waals surface area (Å²) in [6.07, 6.45) is -0.890. The molecule has 0 spiro atoms. The third kappa shape index (κ3) is 10.0. The number of aromatic nitrogens is 1. The molecule has 4 bridgehead atoms. The third-order valence-corrected chi connectivity index (χ3v) is 12.1. The van der Waals surface area contributed by atoms with Crippen molar-refractivity contribution < 1.29 is 53.1 Å². The number of esters is 1. The Morgan fingerprint density at radius 2 is 1.81 bits per heavy atom. The minimum atomic E-state index is -1.83. The molecule has 4 N–H and O–H groups in total. The molecule has 0 saturated carbocycles. The molecule has 4 aliphatic heterocycles. The minimum absolute atomic E-state index is 0.107. The number of ether oxygens (including phenoxy) is 5. The molecule has 14 atom stereocenters. The number of pyridine rings is 1. The van der Waals surface area contributed by atoms with Crippen molar-refractivity contribution >= 4 is 41.0 Å². The lowest BCUT2D eigenvalue weighted by Gasteiger charge is -2.47. The molecule has 58 heavy (non-hydrogen) atoms. The summed E-state index contributed by atoms with van der Waals surface area (Å²) in [6.45, 7) is 13.4. The van der Waals surface area contributed by atoms with Gasteiger partial charge in [-0.05, 0) is 84.7 Å². The van der Waals surface area contributed by atoms with E-state index in [0.29, 0.717) is 18.0 Å². The molecule has 322 valence electrons. The third-order valence-electron chi connectivity index (χ3n) is 12.1. The molecule has 1 unspecified atom stereocenters. The van der Waals surface area contributed by atoms with Gasteiger partial charge in [0.25, 0.3) is 5.91 Å². The van der Waals surface area contributed by atoms with Crippen LogP contribution in [0.1, 0.15) is 86.6 Å². The summed E-state index contributed by atoms with van der Waals surface area (Å²) >= 11 is 0. The zero-order valence-corrected chi connectivity index (χ0v) is 35.5. The second-order valence-corrected chi connectivity index (χ2v) is 17.1. The Kier molecular flexibility index (Phi) is 14.7. The quantitative estimate of drug-likeness (QED) is 0.266. The largest absolute Gasteiger partial charge is 0.459 e. The van der Waals surface area contributed by atoms with Gasteiger partial charge in [-0.3, -0.25) is 14.4 Å². The topological polar surface area (TPSA) is 214 Å². The van der Waals surface area contributed by atoms with Gasteiger partial charge in [0.1, 0.15) is 35.3 Å². The van der Waals surface area contributed by atoms with Crippen LogP contribution < -0.4 is 5.73 Å². The Hall–Kier alpha value is -3.64. The number of rotatable bonds is 7. The van der Waals surface area contributed by atoms with Crippen LogP contribution in [0.3, 0.4) is 0 Å². The molecule has 0 aliphatic carbocycles. The highest BCUT2D eigenvalue weighted by atomic mass is 16.7. The molecule has 1 aromatic heterocycles. The number of oxime groups is 1. The number of Topliss-reactive ketones (excluding diaryl/α,β-unsaturated/α-hetero) is 1. The first kappa shape index (κ1) is 45.4. The first-order chi connectivity index (χ1) is 27.3. The van der Waals surface area contributed by atoms with Crippen LogP contribution in [0.5, 0.6) is 0 Å². The average Bonchev–Trinajstić information content (AvgIpc) is 3.19. The van der Waals surface area contributed by atoms with Gasteiger partial charge in [-0.2, -0.15) is 0 Å². The lowest BCUT2D eigenvalue weighted by atomic mass is 9.73. The van der Waals surface area contributed by atoms with Crippen LogP contribution in [-0.4, -0.2) is 137 Å². The van der Waals surface area contributed by atoms with Crippen molar-refractivity contribution in [3.63, 3.8) is 0 Å². The predicted molar refractivity (Wildman–Crippen MR) is 216 cm³/mol. The summed E-state index contributed by atoms with van der Waals surface area (Å²) in [6, 6.07) is 3.16. The van der Waals surface area contributed by atoms with Gasteiger partial charge < -0.3 is 49.4 Å². The molecular weight excluding hydrogens is 750 g/mol. The van der Waals surface area contributed by atoms with Crippen LogP contribution in [0.2, 0.25) is 0 Å². The maximum atomic E-state index is 14.4. The number of nitrogens with zero attached hydrogens (tertiary/aromatic N) is 4. The van der Waals surface area contributed by atoms with Crippen LogP contribution in [0, 0.1) is 23.7 Å². The molecular formula is C42H63N5O11. The number of ketones is 1. The number of likely N-dealkylation sites (N-methyl/N-ethyl adjacent to an activating group) is 1. The van der Waals surface area contributed by atoms with E-state index >= 15 is 0 Å². The number of aliphatic hydroxyl groups excluding tert-OH is 1. The molecule has 0 aromatic carbocycles. The van der Waals surface area contributed by atoms with Gasteiger partial charge in [-0.25, -0.2) is 9.98 Å².